The molecule has 0 spiro atoms. The second-order valence-electron chi connectivity index (χ2n) is 3.81. The number of carbonyl (C=O) groups is 1. The van der Waals surface area contributed by atoms with E-state index in [2.05, 4.69) is 10.6 Å². The highest BCUT2D eigenvalue weighted by Crippen LogP contribution is 2.28. The molecule has 0 fully saturated rings. The Bertz CT molecular complexity index is 471. The molecule has 5 nitrogen and oxygen atoms in total. The molecule has 0 saturated carbocycles. The molecule has 1 aromatic carbocycles. The zero-order chi connectivity index (χ0) is 14.1. The van der Waals surface area contributed by atoms with Crippen LogP contribution in [0.25, 0.3) is 0 Å². The summed E-state index contributed by atoms with van der Waals surface area (Å²) >= 11 is 6.05. The highest BCUT2D eigenvalue weighted by molar-refractivity contribution is 6.32. The highest BCUT2D eigenvalue weighted by Gasteiger charge is 2.10. The topological polar surface area (TPSA) is 74.2 Å². The summed E-state index contributed by atoms with van der Waals surface area (Å²) in [6, 6.07) is 7.37. The van der Waals surface area contributed by atoms with Gasteiger partial charge in [-0.25, -0.2) is 0 Å². The summed E-state index contributed by atoms with van der Waals surface area (Å²) in [5, 5.41) is 14.4. The minimum atomic E-state index is -0.273. The first-order valence-corrected chi connectivity index (χ1v) is 6.25. The van der Waals surface area contributed by atoms with Crippen LogP contribution in [0.3, 0.4) is 0 Å². The van der Waals surface area contributed by atoms with Crippen LogP contribution in [0.5, 0.6) is 5.75 Å². The number of benzene rings is 1. The fraction of sp³-hybridized carbons (Fsp3) is 0.385. The zero-order valence-corrected chi connectivity index (χ0v) is 11.5. The minimum Gasteiger partial charge on any atom is -0.482 e. The lowest BCUT2D eigenvalue weighted by Gasteiger charge is -2.12. The van der Waals surface area contributed by atoms with Crippen LogP contribution in [-0.4, -0.2) is 26.1 Å². The molecule has 0 aromatic heterocycles. The molecule has 2 N–H and O–H groups in total. The quantitative estimate of drug-likeness (QED) is 0.742. The lowest BCUT2D eigenvalue weighted by Crippen LogP contribution is -2.29. The van der Waals surface area contributed by atoms with Gasteiger partial charge in [-0.15, -0.1) is 0 Å². The number of ether oxygens (including phenoxy) is 1. The van der Waals surface area contributed by atoms with E-state index in [0.717, 1.165) is 5.56 Å². The number of rotatable bonds is 7. The first kappa shape index (κ1) is 15.3. The summed E-state index contributed by atoms with van der Waals surface area (Å²) in [6.45, 7) is 0.808. The molecule has 6 heteroatoms. The molecule has 1 amide bonds. The predicted octanol–water partition coefficient (Wildman–Crippen LogP) is 1.47. The lowest BCUT2D eigenvalue weighted by molar-refractivity contribution is -0.123. The normalized spacial score (nSPS) is 9.74. The van der Waals surface area contributed by atoms with E-state index >= 15 is 0 Å². The van der Waals surface area contributed by atoms with Crippen molar-refractivity contribution in [2.75, 3.05) is 20.2 Å². The van der Waals surface area contributed by atoms with E-state index in [0.29, 0.717) is 23.9 Å². The largest absolute Gasteiger partial charge is 0.482 e. The molecule has 0 heterocycles. The maximum absolute atomic E-state index is 11.5. The molecular formula is C13H16ClN3O2. The van der Waals surface area contributed by atoms with Crippen LogP contribution in [-0.2, 0) is 11.3 Å². The van der Waals surface area contributed by atoms with Crippen molar-refractivity contribution in [3.05, 3.63) is 28.8 Å². The Kier molecular flexibility index (Phi) is 6.72. The molecule has 0 unspecified atom stereocenters. The Hall–Kier alpha value is -1.77. The molecule has 0 aliphatic heterocycles. The van der Waals surface area contributed by atoms with Gasteiger partial charge in [-0.2, -0.15) is 5.26 Å². The van der Waals surface area contributed by atoms with Gasteiger partial charge in [-0.3, -0.25) is 4.79 Å². The average Bonchev–Trinajstić information content (AvgIpc) is 2.39. The van der Waals surface area contributed by atoms with Crippen molar-refractivity contribution in [3.63, 3.8) is 0 Å². The standard InChI is InChI=1S/C13H16ClN3O2/c1-16-8-10-4-2-5-11(14)13(10)19-9-12(18)17-7-3-6-15/h2,4-5,16H,3,7-9H2,1H3,(H,17,18). The van der Waals surface area contributed by atoms with Gasteiger partial charge in [-0.05, 0) is 13.1 Å². The van der Waals surface area contributed by atoms with E-state index in [4.69, 9.17) is 21.6 Å². The van der Waals surface area contributed by atoms with Crippen molar-refractivity contribution in [2.45, 2.75) is 13.0 Å². The molecule has 0 saturated heterocycles. The van der Waals surface area contributed by atoms with Crippen molar-refractivity contribution in [2.24, 2.45) is 0 Å². The molecule has 1 rings (SSSR count). The number of nitrogens with one attached hydrogen (secondary N) is 2. The predicted molar refractivity (Wildman–Crippen MR) is 73.0 cm³/mol. The summed E-state index contributed by atoms with van der Waals surface area (Å²) in [6.07, 6.45) is 0.281. The van der Waals surface area contributed by atoms with Crippen LogP contribution in [0.4, 0.5) is 0 Å². The maximum atomic E-state index is 11.5. The van der Waals surface area contributed by atoms with Crippen molar-refractivity contribution in [1.29, 1.82) is 5.26 Å². The van der Waals surface area contributed by atoms with Gasteiger partial charge in [0.25, 0.3) is 5.91 Å². The highest BCUT2D eigenvalue weighted by atomic mass is 35.5. The average molecular weight is 282 g/mol. The third kappa shape index (κ3) is 5.16. The molecule has 0 radical (unpaired) electrons. The maximum Gasteiger partial charge on any atom is 0.257 e. The number of nitrogens with zero attached hydrogens (tertiary/aromatic N) is 1. The van der Waals surface area contributed by atoms with E-state index in [1.807, 2.05) is 25.2 Å². The first-order chi connectivity index (χ1) is 9.19. The lowest BCUT2D eigenvalue weighted by atomic mass is 10.2. The fourth-order valence-electron chi connectivity index (χ4n) is 1.49. The number of amides is 1. The van der Waals surface area contributed by atoms with Crippen LogP contribution < -0.4 is 15.4 Å². The summed E-state index contributed by atoms with van der Waals surface area (Å²) in [5.74, 6) is 0.236. The summed E-state index contributed by atoms with van der Waals surface area (Å²) in [4.78, 5) is 11.5. The van der Waals surface area contributed by atoms with E-state index in [9.17, 15) is 4.79 Å². The molecule has 0 aliphatic carbocycles. The van der Waals surface area contributed by atoms with Gasteiger partial charge in [0.15, 0.2) is 6.61 Å². The molecule has 102 valence electrons. The molecule has 1 aromatic rings. The van der Waals surface area contributed by atoms with Crippen LogP contribution >= 0.6 is 11.6 Å². The van der Waals surface area contributed by atoms with E-state index < -0.39 is 0 Å². The van der Waals surface area contributed by atoms with Gasteiger partial charge in [0.05, 0.1) is 17.5 Å². The zero-order valence-electron chi connectivity index (χ0n) is 10.7. The third-order valence-corrected chi connectivity index (χ3v) is 2.62. The van der Waals surface area contributed by atoms with E-state index in [1.165, 1.54) is 0 Å². The number of hydrogen-bond donors (Lipinski definition) is 2. The molecule has 0 bridgehead atoms. The van der Waals surface area contributed by atoms with Crippen LogP contribution in [0.2, 0.25) is 5.02 Å². The molecule has 19 heavy (non-hydrogen) atoms. The minimum absolute atomic E-state index is 0.119. The Morgan fingerprint density at radius 3 is 3.00 bits per heavy atom. The van der Waals surface area contributed by atoms with Gasteiger partial charge in [0, 0.05) is 18.7 Å². The Balaban J connectivity index is 2.57. The Morgan fingerprint density at radius 1 is 1.53 bits per heavy atom. The van der Waals surface area contributed by atoms with Gasteiger partial charge in [-0.1, -0.05) is 23.7 Å². The molecule has 0 aliphatic rings. The van der Waals surface area contributed by atoms with Crippen LogP contribution in [0.15, 0.2) is 18.2 Å². The Morgan fingerprint density at radius 2 is 2.32 bits per heavy atom. The summed E-state index contributed by atoms with van der Waals surface area (Å²) < 4.78 is 5.45. The van der Waals surface area contributed by atoms with Crippen molar-refractivity contribution >= 4 is 17.5 Å². The van der Waals surface area contributed by atoms with Crippen molar-refractivity contribution < 1.29 is 9.53 Å². The van der Waals surface area contributed by atoms with Crippen LogP contribution in [0.1, 0.15) is 12.0 Å². The number of para-hydroxylation sites is 1. The molecule has 0 atom stereocenters. The number of nitriles is 1. The fourth-order valence-corrected chi connectivity index (χ4v) is 1.74. The second kappa shape index (κ2) is 8.35. The smallest absolute Gasteiger partial charge is 0.257 e. The number of halogens is 1. The third-order valence-electron chi connectivity index (χ3n) is 2.32. The first-order valence-electron chi connectivity index (χ1n) is 5.87. The summed E-state index contributed by atoms with van der Waals surface area (Å²) in [5.41, 5.74) is 0.889. The SMILES string of the molecule is CNCc1cccc(Cl)c1OCC(=O)NCCC#N. The van der Waals surface area contributed by atoms with Gasteiger partial charge >= 0.3 is 0 Å². The van der Waals surface area contributed by atoms with Gasteiger partial charge in [0.2, 0.25) is 0 Å². The van der Waals surface area contributed by atoms with Crippen molar-refractivity contribution in [3.8, 4) is 11.8 Å². The number of carbonyl (C=O) groups excluding carboxylic acids is 1. The monoisotopic (exact) mass is 281 g/mol. The van der Waals surface area contributed by atoms with E-state index in [-0.39, 0.29) is 18.9 Å². The van der Waals surface area contributed by atoms with Gasteiger partial charge < -0.3 is 15.4 Å². The second-order valence-corrected chi connectivity index (χ2v) is 4.21. The van der Waals surface area contributed by atoms with Crippen LogP contribution in [0, 0.1) is 11.3 Å². The van der Waals surface area contributed by atoms with Gasteiger partial charge in [0.1, 0.15) is 5.75 Å². The van der Waals surface area contributed by atoms with Crippen molar-refractivity contribution in [1.82, 2.24) is 10.6 Å². The Labute approximate surface area is 117 Å². The van der Waals surface area contributed by atoms with E-state index in [1.54, 1.807) is 6.07 Å². The summed E-state index contributed by atoms with van der Waals surface area (Å²) in [7, 11) is 1.82. The molecular weight excluding hydrogens is 266 g/mol. The number of hydrogen-bond acceptors (Lipinski definition) is 4.